The fourth-order valence-electron chi connectivity index (χ4n) is 2.43. The van der Waals surface area contributed by atoms with Gasteiger partial charge in [-0.1, -0.05) is 36.4 Å². The van der Waals surface area contributed by atoms with Crippen LogP contribution in [0.1, 0.15) is 5.56 Å². The average Bonchev–Trinajstić information content (AvgIpc) is 2.65. The molecule has 0 saturated heterocycles. The van der Waals surface area contributed by atoms with Gasteiger partial charge in [0.25, 0.3) is 0 Å². The second-order valence-corrected chi connectivity index (χ2v) is 7.49. The van der Waals surface area contributed by atoms with Crippen LogP contribution in [0.25, 0.3) is 0 Å². The Morgan fingerprint density at radius 1 is 0.893 bits per heavy atom. The van der Waals surface area contributed by atoms with Gasteiger partial charge >= 0.3 is 16.1 Å². The maximum absolute atomic E-state index is 12.5. The van der Waals surface area contributed by atoms with Crippen molar-refractivity contribution in [3.05, 3.63) is 78.4 Å². The first-order chi connectivity index (χ1) is 13.3. The Bertz CT molecular complexity index is 1110. The van der Waals surface area contributed by atoms with E-state index in [4.69, 9.17) is 4.18 Å². The summed E-state index contributed by atoms with van der Waals surface area (Å²) in [6.45, 7) is 1.78. The molecular weight excluding hydrogens is 380 g/mol. The smallest absolute Gasteiger partial charge is 0.339 e. The molecule has 28 heavy (non-hydrogen) atoms. The van der Waals surface area contributed by atoms with Crippen molar-refractivity contribution < 1.29 is 22.5 Å². The van der Waals surface area contributed by atoms with Gasteiger partial charge in [0.05, 0.1) is 11.4 Å². The standard InChI is InChI=1S/C20H18N2O5S/c1-14-7-6-8-15(13-14)28(25,26)27-19-12-5-3-10-17(19)22-20(24)21-16-9-2-4-11-18(16)23/h2-13,23H,1H3,(H2,21,22,24). The molecule has 144 valence electrons. The molecule has 0 unspecified atom stereocenters. The zero-order valence-corrected chi connectivity index (χ0v) is 15.7. The van der Waals surface area contributed by atoms with Gasteiger partial charge in [0.1, 0.15) is 10.6 Å². The zero-order chi connectivity index (χ0) is 20.1. The third-order valence-corrected chi connectivity index (χ3v) is 5.00. The minimum Gasteiger partial charge on any atom is -0.506 e. The highest BCUT2D eigenvalue weighted by atomic mass is 32.2. The lowest BCUT2D eigenvalue weighted by atomic mass is 10.2. The summed E-state index contributed by atoms with van der Waals surface area (Å²) < 4.78 is 30.3. The lowest BCUT2D eigenvalue weighted by Gasteiger charge is -2.13. The van der Waals surface area contributed by atoms with E-state index in [1.165, 1.54) is 36.4 Å². The molecule has 0 bridgehead atoms. The van der Waals surface area contributed by atoms with E-state index in [1.54, 1.807) is 43.3 Å². The number of nitrogens with one attached hydrogen (secondary N) is 2. The van der Waals surface area contributed by atoms with E-state index in [1.807, 2.05) is 0 Å². The molecule has 3 aromatic carbocycles. The number of phenolic OH excluding ortho intramolecular Hbond substituents is 1. The average molecular weight is 398 g/mol. The molecule has 0 saturated carbocycles. The quantitative estimate of drug-likeness (QED) is 0.443. The molecule has 8 heteroatoms. The molecule has 3 aromatic rings. The number of aryl methyl sites for hydroxylation is 1. The molecule has 0 aliphatic rings. The first-order valence-electron chi connectivity index (χ1n) is 8.31. The maximum Gasteiger partial charge on any atom is 0.339 e. The predicted molar refractivity (Wildman–Crippen MR) is 106 cm³/mol. The van der Waals surface area contributed by atoms with Crippen molar-refractivity contribution in [1.82, 2.24) is 0 Å². The topological polar surface area (TPSA) is 105 Å². The third-order valence-electron chi connectivity index (χ3n) is 3.77. The summed E-state index contributed by atoms with van der Waals surface area (Å²) in [5.74, 6) is -0.124. The number of anilines is 2. The van der Waals surface area contributed by atoms with E-state index in [-0.39, 0.29) is 27.8 Å². The summed E-state index contributed by atoms with van der Waals surface area (Å²) in [5, 5.41) is 14.7. The Kier molecular flexibility index (Phi) is 5.51. The normalized spacial score (nSPS) is 10.9. The van der Waals surface area contributed by atoms with Crippen molar-refractivity contribution in [3.63, 3.8) is 0 Å². The van der Waals surface area contributed by atoms with Crippen LogP contribution in [-0.2, 0) is 10.1 Å². The van der Waals surface area contributed by atoms with Crippen LogP contribution in [0.2, 0.25) is 0 Å². The summed E-state index contributed by atoms with van der Waals surface area (Å²) in [6.07, 6.45) is 0. The van der Waals surface area contributed by atoms with Crippen LogP contribution in [0.4, 0.5) is 16.2 Å². The molecule has 0 aliphatic heterocycles. The van der Waals surface area contributed by atoms with Crippen molar-refractivity contribution in [3.8, 4) is 11.5 Å². The molecule has 0 radical (unpaired) electrons. The van der Waals surface area contributed by atoms with Crippen LogP contribution >= 0.6 is 0 Å². The van der Waals surface area contributed by atoms with Gasteiger partial charge in [0.2, 0.25) is 0 Å². The van der Waals surface area contributed by atoms with Gasteiger partial charge in [0, 0.05) is 0 Å². The molecule has 0 atom stereocenters. The van der Waals surface area contributed by atoms with E-state index in [0.29, 0.717) is 0 Å². The molecule has 3 N–H and O–H groups in total. The van der Waals surface area contributed by atoms with E-state index >= 15 is 0 Å². The first-order valence-corrected chi connectivity index (χ1v) is 9.72. The van der Waals surface area contributed by atoms with Gasteiger partial charge in [-0.3, -0.25) is 0 Å². The number of benzene rings is 3. The van der Waals surface area contributed by atoms with Crippen molar-refractivity contribution >= 4 is 27.5 Å². The molecule has 7 nitrogen and oxygen atoms in total. The van der Waals surface area contributed by atoms with Crippen molar-refractivity contribution in [2.75, 3.05) is 10.6 Å². The summed E-state index contributed by atoms with van der Waals surface area (Å²) in [6, 6.07) is 18.1. The Hall–Kier alpha value is -3.52. The number of hydrogen-bond acceptors (Lipinski definition) is 5. The van der Waals surface area contributed by atoms with Crippen molar-refractivity contribution in [1.29, 1.82) is 0 Å². The number of rotatable bonds is 5. The lowest BCUT2D eigenvalue weighted by molar-refractivity contribution is 0.262. The minimum atomic E-state index is -4.07. The van der Waals surface area contributed by atoms with E-state index in [0.717, 1.165) is 5.56 Å². The maximum atomic E-state index is 12.5. The third kappa shape index (κ3) is 4.60. The minimum absolute atomic E-state index is 0.0148. The lowest BCUT2D eigenvalue weighted by Crippen LogP contribution is -2.20. The molecule has 0 aliphatic carbocycles. The number of phenols is 1. The number of para-hydroxylation sites is 4. The molecule has 0 aromatic heterocycles. The molecular formula is C20H18N2O5S. The summed E-state index contributed by atoms with van der Waals surface area (Å²) >= 11 is 0. The Labute approximate surface area is 162 Å². The summed E-state index contributed by atoms with van der Waals surface area (Å²) in [7, 11) is -4.07. The second-order valence-electron chi connectivity index (χ2n) is 5.95. The number of carbonyl (C=O) groups is 1. The van der Waals surface area contributed by atoms with Gasteiger partial charge in [-0.25, -0.2) is 4.79 Å². The highest BCUT2D eigenvalue weighted by molar-refractivity contribution is 7.87. The van der Waals surface area contributed by atoms with E-state index in [9.17, 15) is 18.3 Å². The van der Waals surface area contributed by atoms with Gasteiger partial charge in [0.15, 0.2) is 5.75 Å². The Morgan fingerprint density at radius 2 is 1.54 bits per heavy atom. The number of aromatic hydroxyl groups is 1. The summed E-state index contributed by atoms with van der Waals surface area (Å²) in [4.78, 5) is 12.2. The van der Waals surface area contributed by atoms with Crippen molar-refractivity contribution in [2.45, 2.75) is 11.8 Å². The molecule has 0 fully saturated rings. The van der Waals surface area contributed by atoms with Crippen LogP contribution < -0.4 is 14.8 Å². The van der Waals surface area contributed by atoms with Gasteiger partial charge in [-0.05, 0) is 48.9 Å². The van der Waals surface area contributed by atoms with Crippen LogP contribution in [0.3, 0.4) is 0 Å². The van der Waals surface area contributed by atoms with Crippen LogP contribution in [0.5, 0.6) is 11.5 Å². The largest absolute Gasteiger partial charge is 0.506 e. The molecule has 0 heterocycles. The predicted octanol–water partition coefficient (Wildman–Crippen LogP) is 4.11. The zero-order valence-electron chi connectivity index (χ0n) is 14.9. The Morgan fingerprint density at radius 3 is 2.25 bits per heavy atom. The van der Waals surface area contributed by atoms with Crippen LogP contribution in [0, 0.1) is 6.92 Å². The van der Waals surface area contributed by atoms with Crippen LogP contribution in [0.15, 0.2) is 77.7 Å². The number of urea groups is 1. The monoisotopic (exact) mass is 398 g/mol. The first kappa shape index (κ1) is 19.2. The molecule has 3 rings (SSSR count). The Balaban J connectivity index is 1.80. The number of hydrogen-bond donors (Lipinski definition) is 3. The second kappa shape index (κ2) is 8.01. The number of carbonyl (C=O) groups excluding carboxylic acids is 1. The van der Waals surface area contributed by atoms with Gasteiger partial charge in [-0.2, -0.15) is 8.42 Å². The van der Waals surface area contributed by atoms with Gasteiger partial charge in [-0.15, -0.1) is 0 Å². The van der Waals surface area contributed by atoms with Crippen molar-refractivity contribution in [2.24, 2.45) is 0 Å². The molecule has 0 spiro atoms. The SMILES string of the molecule is Cc1cccc(S(=O)(=O)Oc2ccccc2NC(=O)Nc2ccccc2O)c1. The number of amides is 2. The molecule has 2 amide bonds. The van der Waals surface area contributed by atoms with E-state index < -0.39 is 16.1 Å². The van der Waals surface area contributed by atoms with Gasteiger partial charge < -0.3 is 19.9 Å². The van der Waals surface area contributed by atoms with E-state index in [2.05, 4.69) is 10.6 Å². The summed E-state index contributed by atoms with van der Waals surface area (Å²) in [5.41, 5.74) is 1.15. The van der Waals surface area contributed by atoms with Crippen LogP contribution in [-0.4, -0.2) is 19.6 Å². The highest BCUT2D eigenvalue weighted by Gasteiger charge is 2.19. The fourth-order valence-corrected chi connectivity index (χ4v) is 3.49. The highest BCUT2D eigenvalue weighted by Crippen LogP contribution is 2.28. The fraction of sp³-hybridized carbons (Fsp3) is 0.0500.